The Morgan fingerprint density at radius 3 is 2.66 bits per heavy atom. The Hall–Kier alpha value is -4.28. The van der Waals surface area contributed by atoms with Crippen molar-refractivity contribution in [2.45, 2.75) is 6.04 Å². The highest BCUT2D eigenvalue weighted by Crippen LogP contribution is 2.46. The van der Waals surface area contributed by atoms with Crippen LogP contribution in [-0.2, 0) is 9.59 Å². The van der Waals surface area contributed by atoms with Crippen molar-refractivity contribution in [3.8, 4) is 0 Å². The van der Waals surface area contributed by atoms with Gasteiger partial charge in [-0.15, -0.1) is 11.3 Å². The molecule has 1 unspecified atom stereocenters. The minimum absolute atomic E-state index is 0.0207. The number of carboxylic acid groups (broad SMARTS) is 1. The van der Waals surface area contributed by atoms with Crippen LogP contribution in [0.2, 0.25) is 0 Å². The number of aromatic nitrogens is 2. The van der Waals surface area contributed by atoms with Gasteiger partial charge in [0.25, 0.3) is 5.78 Å². The summed E-state index contributed by atoms with van der Waals surface area (Å²) in [4.78, 5) is 47.6. The Morgan fingerprint density at radius 1 is 1.06 bits per heavy atom. The monoisotopic (exact) mass is 501 g/mol. The summed E-state index contributed by atoms with van der Waals surface area (Å²) in [5.74, 6) is -2.95. The molecule has 10 heteroatoms. The molecule has 5 aromatic rings. The van der Waals surface area contributed by atoms with Crippen molar-refractivity contribution in [2.24, 2.45) is 0 Å². The molecule has 1 amide bonds. The number of carbonyl (C=O) groups excluding carboxylic acids is 2. The summed E-state index contributed by atoms with van der Waals surface area (Å²) in [5, 5.41) is 23.5. The van der Waals surface area contributed by atoms with Gasteiger partial charge in [-0.1, -0.05) is 35.6 Å². The summed E-state index contributed by atoms with van der Waals surface area (Å²) < 4.78 is 0.573. The molecule has 1 fully saturated rings. The number of amides is 1. The number of carboxylic acids is 1. The van der Waals surface area contributed by atoms with Gasteiger partial charge in [-0.25, -0.2) is 9.78 Å². The van der Waals surface area contributed by atoms with E-state index in [9.17, 15) is 24.6 Å². The van der Waals surface area contributed by atoms with Crippen LogP contribution in [-0.4, -0.2) is 37.8 Å². The Balaban J connectivity index is 1.55. The number of thiophene rings is 1. The summed E-state index contributed by atoms with van der Waals surface area (Å²) in [6.45, 7) is 0. The zero-order valence-corrected chi connectivity index (χ0v) is 19.4. The molecule has 3 N–H and O–H groups in total. The molecule has 6 rings (SSSR count). The largest absolute Gasteiger partial charge is 0.507 e. The van der Waals surface area contributed by atoms with Crippen LogP contribution in [0.4, 0.5) is 5.13 Å². The SMILES string of the molecule is O=C1C(=O)N(c2nc3ccc(C(=O)O)cc3s2)C(c2cccs2)/C1=C(\O)c1c[nH]c2ccccc12. The number of rotatable bonds is 4. The van der Waals surface area contributed by atoms with Gasteiger partial charge in [0.1, 0.15) is 11.8 Å². The van der Waals surface area contributed by atoms with E-state index < -0.39 is 23.7 Å². The number of benzene rings is 2. The predicted octanol–water partition coefficient (Wildman–Crippen LogP) is 5.16. The molecular weight excluding hydrogens is 486 g/mol. The highest BCUT2D eigenvalue weighted by Gasteiger charge is 2.48. The number of aliphatic hydroxyl groups excluding tert-OH is 1. The molecule has 35 heavy (non-hydrogen) atoms. The first-order chi connectivity index (χ1) is 16.9. The number of Topliss-reactive ketones (excluding diaryl/α,β-unsaturated/α-hetero) is 1. The van der Waals surface area contributed by atoms with Crippen molar-refractivity contribution in [1.82, 2.24) is 9.97 Å². The van der Waals surface area contributed by atoms with Crippen LogP contribution < -0.4 is 4.90 Å². The second-order valence-corrected chi connectivity index (χ2v) is 9.90. The number of para-hydroxylation sites is 1. The highest BCUT2D eigenvalue weighted by molar-refractivity contribution is 7.22. The van der Waals surface area contributed by atoms with Crippen LogP contribution in [0.15, 0.2) is 71.7 Å². The lowest BCUT2D eigenvalue weighted by Gasteiger charge is -2.21. The molecule has 0 saturated carbocycles. The number of aliphatic hydroxyl groups is 1. The van der Waals surface area contributed by atoms with Gasteiger partial charge < -0.3 is 15.2 Å². The first-order valence-electron chi connectivity index (χ1n) is 10.5. The van der Waals surface area contributed by atoms with E-state index >= 15 is 0 Å². The maximum absolute atomic E-state index is 13.3. The molecule has 0 bridgehead atoms. The molecule has 1 aliphatic heterocycles. The van der Waals surface area contributed by atoms with Gasteiger partial charge in [0.05, 0.1) is 21.4 Å². The van der Waals surface area contributed by atoms with Crippen LogP contribution in [0.25, 0.3) is 26.9 Å². The molecule has 172 valence electrons. The van der Waals surface area contributed by atoms with Crippen LogP contribution in [0, 0.1) is 0 Å². The van der Waals surface area contributed by atoms with E-state index in [0.29, 0.717) is 20.7 Å². The molecule has 8 nitrogen and oxygen atoms in total. The maximum Gasteiger partial charge on any atom is 0.335 e. The Morgan fingerprint density at radius 2 is 1.89 bits per heavy atom. The Bertz CT molecular complexity index is 1700. The van der Waals surface area contributed by atoms with E-state index in [1.165, 1.54) is 28.4 Å². The molecular formula is C25H15N3O5S2. The third-order valence-electron chi connectivity index (χ3n) is 5.93. The standard InChI is InChI=1S/C25H15N3O5S2/c29-21(14-11-26-15-5-2-1-4-13(14)15)19-20(17-6-3-9-34-17)28(23(31)22(19)30)25-27-16-8-7-12(24(32)33)10-18(16)35-25/h1-11,20,26,29H,(H,32,33)/b21-19+. The van der Waals surface area contributed by atoms with Gasteiger partial charge >= 0.3 is 11.9 Å². The molecule has 4 heterocycles. The van der Waals surface area contributed by atoms with Crippen molar-refractivity contribution in [1.29, 1.82) is 0 Å². The van der Waals surface area contributed by atoms with Gasteiger partial charge in [0.2, 0.25) is 0 Å². The van der Waals surface area contributed by atoms with Gasteiger partial charge in [0.15, 0.2) is 5.13 Å². The topological polar surface area (TPSA) is 124 Å². The average molecular weight is 502 g/mol. The fourth-order valence-corrected chi connectivity index (χ4v) is 6.16. The lowest BCUT2D eigenvalue weighted by Crippen LogP contribution is -2.28. The third-order valence-corrected chi connectivity index (χ3v) is 7.87. The van der Waals surface area contributed by atoms with Crippen LogP contribution >= 0.6 is 22.7 Å². The van der Waals surface area contributed by atoms with Crippen molar-refractivity contribution < 1.29 is 24.6 Å². The molecule has 1 aliphatic rings. The maximum atomic E-state index is 13.3. The number of nitrogens with zero attached hydrogens (tertiary/aromatic N) is 2. The quantitative estimate of drug-likeness (QED) is 0.177. The number of nitrogens with one attached hydrogen (secondary N) is 1. The molecule has 2 aromatic carbocycles. The van der Waals surface area contributed by atoms with Crippen molar-refractivity contribution >= 4 is 72.3 Å². The van der Waals surface area contributed by atoms with Gasteiger partial charge in [-0.2, -0.15) is 0 Å². The van der Waals surface area contributed by atoms with E-state index in [-0.39, 0.29) is 22.0 Å². The van der Waals surface area contributed by atoms with Crippen LogP contribution in [0.5, 0.6) is 0 Å². The molecule has 0 aliphatic carbocycles. The average Bonchev–Trinajstić information content (AvgIpc) is 3.64. The summed E-state index contributed by atoms with van der Waals surface area (Å²) in [6.07, 6.45) is 1.62. The number of aromatic carboxylic acids is 1. The first-order valence-corrected chi connectivity index (χ1v) is 12.2. The number of thiazole rings is 1. The number of anilines is 1. The summed E-state index contributed by atoms with van der Waals surface area (Å²) in [7, 11) is 0. The number of carbonyl (C=O) groups is 3. The first kappa shape index (κ1) is 21.3. The summed E-state index contributed by atoms with van der Waals surface area (Å²) in [5.41, 5.74) is 1.81. The fraction of sp³-hybridized carbons (Fsp3) is 0.0400. The number of fused-ring (bicyclic) bond motifs is 2. The molecule has 1 saturated heterocycles. The highest BCUT2D eigenvalue weighted by atomic mass is 32.1. The fourth-order valence-electron chi connectivity index (χ4n) is 4.31. The van der Waals surface area contributed by atoms with E-state index in [4.69, 9.17) is 0 Å². The summed E-state index contributed by atoms with van der Waals surface area (Å²) in [6, 6.07) is 14.6. The predicted molar refractivity (Wildman–Crippen MR) is 134 cm³/mol. The second kappa shape index (κ2) is 7.90. The van der Waals surface area contributed by atoms with Crippen molar-refractivity contribution in [2.75, 3.05) is 4.90 Å². The van der Waals surface area contributed by atoms with E-state index in [1.54, 1.807) is 18.3 Å². The Kier molecular flexibility index (Phi) is 4.80. The normalized spacial score (nSPS) is 17.6. The van der Waals surface area contributed by atoms with E-state index in [0.717, 1.165) is 22.2 Å². The van der Waals surface area contributed by atoms with Crippen LogP contribution in [0.3, 0.4) is 0 Å². The minimum Gasteiger partial charge on any atom is -0.507 e. The lowest BCUT2D eigenvalue weighted by molar-refractivity contribution is -0.132. The molecule has 0 radical (unpaired) electrons. The minimum atomic E-state index is -1.07. The lowest BCUT2D eigenvalue weighted by atomic mass is 9.99. The van der Waals surface area contributed by atoms with Gasteiger partial charge in [0, 0.05) is 27.5 Å². The van der Waals surface area contributed by atoms with E-state index in [1.807, 2.05) is 35.7 Å². The molecule has 3 aromatic heterocycles. The second-order valence-electron chi connectivity index (χ2n) is 7.92. The zero-order chi connectivity index (χ0) is 24.3. The number of ketones is 1. The molecule has 1 atom stereocenters. The number of aromatic amines is 1. The van der Waals surface area contributed by atoms with Gasteiger partial charge in [-0.3, -0.25) is 14.5 Å². The van der Waals surface area contributed by atoms with Crippen molar-refractivity contribution in [3.63, 3.8) is 0 Å². The zero-order valence-electron chi connectivity index (χ0n) is 17.8. The Labute approximate surface area is 205 Å². The number of hydrogen-bond donors (Lipinski definition) is 3. The van der Waals surface area contributed by atoms with Crippen LogP contribution in [0.1, 0.15) is 26.8 Å². The third kappa shape index (κ3) is 3.26. The summed E-state index contributed by atoms with van der Waals surface area (Å²) >= 11 is 2.48. The van der Waals surface area contributed by atoms with E-state index in [2.05, 4.69) is 9.97 Å². The molecule has 0 spiro atoms. The smallest absolute Gasteiger partial charge is 0.335 e. The van der Waals surface area contributed by atoms with Crippen molar-refractivity contribution in [3.05, 3.63) is 87.8 Å². The van der Waals surface area contributed by atoms with Gasteiger partial charge in [-0.05, 0) is 35.7 Å². The number of hydrogen-bond acceptors (Lipinski definition) is 7. The number of H-pyrrole nitrogens is 1.